The summed E-state index contributed by atoms with van der Waals surface area (Å²) in [6, 6.07) is 0. The number of hydrogen-bond donors (Lipinski definition) is 0. The highest BCUT2D eigenvalue weighted by molar-refractivity contribution is 4.86. The maximum atomic E-state index is 6.70. The van der Waals surface area contributed by atoms with E-state index in [1.165, 1.54) is 250 Å². The van der Waals surface area contributed by atoms with E-state index < -0.39 is 0 Å². The molecule has 2 heterocycles. The SMILES string of the molecule is CCCCCCCCCCCCOC[C@@H]1CC[C@@H](COCCCCCCCCCCC(C)C2C[C@@H](COCCCCCCCCCCCC)O[C@H]2COCCCCCCCCCCCC)O1. The summed E-state index contributed by atoms with van der Waals surface area (Å²) in [7, 11) is 0. The van der Waals surface area contributed by atoms with E-state index in [0.29, 0.717) is 11.8 Å². The van der Waals surface area contributed by atoms with Crippen LogP contribution in [0.3, 0.4) is 0 Å². The lowest BCUT2D eigenvalue weighted by molar-refractivity contribution is -0.0565. The second kappa shape index (κ2) is 48.4. The van der Waals surface area contributed by atoms with Crippen molar-refractivity contribution in [1.29, 1.82) is 0 Å². The van der Waals surface area contributed by atoms with Crippen LogP contribution < -0.4 is 0 Å². The molecule has 0 spiro atoms. The molecule has 0 saturated carbocycles. The van der Waals surface area contributed by atoms with Crippen molar-refractivity contribution in [3.8, 4) is 0 Å². The fourth-order valence-electron chi connectivity index (χ4n) is 10.6. The molecule has 66 heavy (non-hydrogen) atoms. The first-order chi connectivity index (χ1) is 32.7. The molecule has 394 valence electrons. The normalized spacial score (nSPS) is 20.3. The summed E-state index contributed by atoms with van der Waals surface area (Å²) in [6.07, 6.45) is 57.3. The van der Waals surface area contributed by atoms with Gasteiger partial charge in [-0.15, -0.1) is 0 Å². The molecule has 0 aromatic heterocycles. The van der Waals surface area contributed by atoms with Crippen LogP contribution in [0.15, 0.2) is 0 Å². The summed E-state index contributed by atoms with van der Waals surface area (Å²) in [6.45, 7) is 15.9. The summed E-state index contributed by atoms with van der Waals surface area (Å²) in [5, 5.41) is 0. The molecule has 2 aliphatic rings. The van der Waals surface area contributed by atoms with Crippen molar-refractivity contribution < 1.29 is 28.4 Å². The zero-order valence-electron chi connectivity index (χ0n) is 45.3. The van der Waals surface area contributed by atoms with Gasteiger partial charge in [0.05, 0.1) is 50.8 Å². The van der Waals surface area contributed by atoms with Crippen LogP contribution in [0, 0.1) is 11.8 Å². The van der Waals surface area contributed by atoms with Crippen molar-refractivity contribution in [3.05, 3.63) is 0 Å². The number of rotatable bonds is 53. The van der Waals surface area contributed by atoms with Crippen LogP contribution >= 0.6 is 0 Å². The van der Waals surface area contributed by atoms with Gasteiger partial charge < -0.3 is 28.4 Å². The molecule has 2 saturated heterocycles. The van der Waals surface area contributed by atoms with Gasteiger partial charge in [-0.1, -0.05) is 252 Å². The highest BCUT2D eigenvalue weighted by Gasteiger charge is 2.38. The van der Waals surface area contributed by atoms with Crippen LogP contribution in [0.4, 0.5) is 0 Å². The zero-order chi connectivity index (χ0) is 47.1. The molecular formula is C60H118O6. The smallest absolute Gasteiger partial charge is 0.0845 e. The third-order valence-corrected chi connectivity index (χ3v) is 15.1. The maximum Gasteiger partial charge on any atom is 0.0845 e. The Hall–Kier alpha value is -0.240. The molecule has 6 heteroatoms. The molecule has 0 aromatic rings. The molecule has 2 aliphatic heterocycles. The van der Waals surface area contributed by atoms with Crippen LogP contribution in [0.5, 0.6) is 0 Å². The third kappa shape index (κ3) is 37.6. The second-order valence-corrected chi connectivity index (χ2v) is 21.6. The Morgan fingerprint density at radius 1 is 0.333 bits per heavy atom. The molecule has 6 nitrogen and oxygen atoms in total. The highest BCUT2D eigenvalue weighted by atomic mass is 16.6. The number of ether oxygens (including phenoxy) is 6. The molecule has 0 bridgehead atoms. The predicted molar refractivity (Wildman–Crippen MR) is 284 cm³/mol. The fourth-order valence-corrected chi connectivity index (χ4v) is 10.6. The van der Waals surface area contributed by atoms with E-state index >= 15 is 0 Å². The fraction of sp³-hybridized carbons (Fsp3) is 1.00. The van der Waals surface area contributed by atoms with Crippen molar-refractivity contribution in [3.63, 3.8) is 0 Å². The summed E-state index contributed by atoms with van der Waals surface area (Å²) < 4.78 is 37.5. The highest BCUT2D eigenvalue weighted by Crippen LogP contribution is 2.36. The van der Waals surface area contributed by atoms with Gasteiger partial charge in [0.1, 0.15) is 0 Å². The first-order valence-electron chi connectivity index (χ1n) is 30.3. The van der Waals surface area contributed by atoms with Gasteiger partial charge >= 0.3 is 0 Å². The lowest BCUT2D eigenvalue weighted by Gasteiger charge is -2.24. The molecule has 6 atom stereocenters. The quantitative estimate of drug-likeness (QED) is 0.0567. The van der Waals surface area contributed by atoms with E-state index in [4.69, 9.17) is 28.4 Å². The minimum atomic E-state index is 0.226. The Bertz CT molecular complexity index is 948. The first kappa shape index (κ1) is 61.9. The Labute approximate surface area is 413 Å². The molecule has 0 radical (unpaired) electrons. The summed E-state index contributed by atoms with van der Waals surface area (Å²) >= 11 is 0. The van der Waals surface area contributed by atoms with E-state index in [9.17, 15) is 0 Å². The van der Waals surface area contributed by atoms with E-state index in [2.05, 4.69) is 27.7 Å². The minimum absolute atomic E-state index is 0.226. The van der Waals surface area contributed by atoms with Gasteiger partial charge in [-0.05, 0) is 56.8 Å². The average Bonchev–Trinajstić information content (AvgIpc) is 3.97. The summed E-state index contributed by atoms with van der Waals surface area (Å²) in [5.41, 5.74) is 0. The lowest BCUT2D eigenvalue weighted by Crippen LogP contribution is -2.27. The van der Waals surface area contributed by atoms with Crippen LogP contribution in [-0.4, -0.2) is 77.3 Å². The Morgan fingerprint density at radius 2 is 0.621 bits per heavy atom. The monoisotopic (exact) mass is 935 g/mol. The van der Waals surface area contributed by atoms with Crippen molar-refractivity contribution in [2.75, 3.05) is 52.9 Å². The molecule has 2 fully saturated rings. The van der Waals surface area contributed by atoms with E-state index in [1.54, 1.807) is 0 Å². The Kier molecular flexibility index (Phi) is 45.4. The maximum absolute atomic E-state index is 6.70. The topological polar surface area (TPSA) is 55.4 Å². The van der Waals surface area contributed by atoms with Gasteiger partial charge in [-0.3, -0.25) is 0 Å². The molecule has 2 unspecified atom stereocenters. The zero-order valence-corrected chi connectivity index (χ0v) is 45.3. The Morgan fingerprint density at radius 3 is 0.970 bits per heavy atom. The van der Waals surface area contributed by atoms with Crippen molar-refractivity contribution in [1.82, 2.24) is 0 Å². The average molecular weight is 936 g/mol. The number of hydrogen-bond acceptors (Lipinski definition) is 6. The largest absolute Gasteiger partial charge is 0.379 e. The predicted octanol–water partition coefficient (Wildman–Crippen LogP) is 18.3. The minimum Gasteiger partial charge on any atom is -0.379 e. The van der Waals surface area contributed by atoms with Crippen LogP contribution in [0.1, 0.15) is 297 Å². The molecule has 0 aromatic carbocycles. The molecule has 0 aliphatic carbocycles. The van der Waals surface area contributed by atoms with Crippen LogP contribution in [0.2, 0.25) is 0 Å². The number of unbranched alkanes of at least 4 members (excludes halogenated alkanes) is 34. The Balaban J connectivity index is 1.48. The van der Waals surface area contributed by atoms with Crippen molar-refractivity contribution >= 4 is 0 Å². The third-order valence-electron chi connectivity index (χ3n) is 15.1. The second-order valence-electron chi connectivity index (χ2n) is 21.6. The van der Waals surface area contributed by atoms with Gasteiger partial charge in [0.15, 0.2) is 0 Å². The van der Waals surface area contributed by atoms with E-state index in [0.717, 1.165) is 72.1 Å². The van der Waals surface area contributed by atoms with Crippen LogP contribution in [-0.2, 0) is 28.4 Å². The molecule has 2 rings (SSSR count). The van der Waals surface area contributed by atoms with Gasteiger partial charge in [-0.2, -0.15) is 0 Å². The van der Waals surface area contributed by atoms with Crippen molar-refractivity contribution in [2.24, 2.45) is 11.8 Å². The van der Waals surface area contributed by atoms with Gasteiger partial charge in [0, 0.05) is 26.4 Å². The molecule has 0 amide bonds. The van der Waals surface area contributed by atoms with E-state index in [-0.39, 0.29) is 24.4 Å². The van der Waals surface area contributed by atoms with E-state index in [1.807, 2.05) is 0 Å². The lowest BCUT2D eigenvalue weighted by atomic mass is 9.83. The standard InChI is InChI=1S/C60H118O6/c1-5-8-11-14-17-20-24-29-34-39-46-61-51-56-44-45-57(65-56)52-62-47-40-35-32-27-23-28-33-38-43-55(4)59-50-58(53-63-48-41-36-30-25-21-18-15-12-9-6-2)66-60(59)54-64-49-42-37-31-26-22-19-16-13-10-7-3/h55-60H,5-54H2,1-4H3/t55?,56-,57-,58-,59?,60-/m0/s1. The first-order valence-corrected chi connectivity index (χ1v) is 30.3. The summed E-state index contributed by atoms with van der Waals surface area (Å²) in [5.74, 6) is 1.27. The van der Waals surface area contributed by atoms with Gasteiger partial charge in [-0.25, -0.2) is 0 Å². The molecule has 0 N–H and O–H groups in total. The van der Waals surface area contributed by atoms with Crippen LogP contribution in [0.25, 0.3) is 0 Å². The van der Waals surface area contributed by atoms with Crippen molar-refractivity contribution in [2.45, 2.75) is 322 Å². The molecular weight excluding hydrogens is 817 g/mol. The summed E-state index contributed by atoms with van der Waals surface area (Å²) in [4.78, 5) is 0. The van der Waals surface area contributed by atoms with Gasteiger partial charge in [0.25, 0.3) is 0 Å². The van der Waals surface area contributed by atoms with Gasteiger partial charge in [0.2, 0.25) is 0 Å².